The maximum atomic E-state index is 5.80. The number of amidine groups is 1. The van der Waals surface area contributed by atoms with E-state index in [0.717, 1.165) is 18.0 Å². The molecule has 0 spiro atoms. The third-order valence-corrected chi connectivity index (χ3v) is 2.88. The second-order valence-electron chi connectivity index (χ2n) is 3.40. The van der Waals surface area contributed by atoms with E-state index in [0.29, 0.717) is 11.0 Å². The first kappa shape index (κ1) is 11.5. The molecule has 1 aromatic rings. The summed E-state index contributed by atoms with van der Waals surface area (Å²) in [5.41, 5.74) is 0.821. The van der Waals surface area contributed by atoms with Gasteiger partial charge in [0.2, 0.25) is 0 Å². The van der Waals surface area contributed by atoms with Crippen LogP contribution in [0.3, 0.4) is 0 Å². The van der Waals surface area contributed by atoms with Crippen LogP contribution in [0.2, 0.25) is 5.02 Å². The van der Waals surface area contributed by atoms with E-state index in [4.69, 9.17) is 16.3 Å². The summed E-state index contributed by atoms with van der Waals surface area (Å²) in [5, 5.41) is 0.700. The first-order valence-corrected chi connectivity index (χ1v) is 6.01. The Balaban J connectivity index is 2.21. The quantitative estimate of drug-likeness (QED) is 0.793. The summed E-state index contributed by atoms with van der Waals surface area (Å²) < 4.78 is 5.51. The van der Waals surface area contributed by atoms with E-state index in [2.05, 4.69) is 20.9 Å². The van der Waals surface area contributed by atoms with Gasteiger partial charge in [0.1, 0.15) is 5.76 Å². The minimum Gasteiger partial charge on any atom is -0.428 e. The monoisotopic (exact) mass is 300 g/mol. The highest BCUT2D eigenvalue weighted by Gasteiger charge is 2.20. The van der Waals surface area contributed by atoms with Crippen LogP contribution in [0.25, 0.3) is 0 Å². The number of nitrogens with zero attached hydrogens (tertiary/aromatic N) is 2. The van der Waals surface area contributed by atoms with Gasteiger partial charge in [0.25, 0.3) is 6.02 Å². The lowest BCUT2D eigenvalue weighted by atomic mass is 10.3. The van der Waals surface area contributed by atoms with Crippen LogP contribution >= 0.6 is 27.5 Å². The Labute approximate surface area is 108 Å². The van der Waals surface area contributed by atoms with Gasteiger partial charge in [-0.1, -0.05) is 27.5 Å². The minimum atomic E-state index is 0.591. The topological polar surface area (TPSA) is 24.8 Å². The van der Waals surface area contributed by atoms with Crippen molar-refractivity contribution in [3.05, 3.63) is 40.0 Å². The lowest BCUT2D eigenvalue weighted by molar-refractivity contribution is 0.433. The predicted octanol–water partition coefficient (Wildman–Crippen LogP) is 3.53. The van der Waals surface area contributed by atoms with Gasteiger partial charge in [-0.3, -0.25) is 0 Å². The molecule has 1 heterocycles. The van der Waals surface area contributed by atoms with Gasteiger partial charge in [-0.25, -0.2) is 0 Å². The molecule has 1 aromatic carbocycles. The van der Waals surface area contributed by atoms with Crippen molar-refractivity contribution in [3.8, 4) is 0 Å². The molecule has 1 aliphatic rings. The molecule has 16 heavy (non-hydrogen) atoms. The molecule has 0 N–H and O–H groups in total. The van der Waals surface area contributed by atoms with Crippen LogP contribution in [-0.4, -0.2) is 24.5 Å². The Hall–Kier alpha value is -1.00. The Morgan fingerprint density at radius 3 is 2.69 bits per heavy atom. The summed E-state index contributed by atoms with van der Waals surface area (Å²) in [5.74, 6) is 0.843. The third-order valence-electron chi connectivity index (χ3n) is 2.12. The van der Waals surface area contributed by atoms with E-state index >= 15 is 0 Å². The van der Waals surface area contributed by atoms with E-state index in [1.165, 1.54) is 0 Å². The molecular weight excluding hydrogens is 291 g/mol. The van der Waals surface area contributed by atoms with Crippen LogP contribution < -0.4 is 0 Å². The molecule has 1 saturated heterocycles. The smallest absolute Gasteiger partial charge is 0.298 e. The molecule has 0 bridgehead atoms. The summed E-state index contributed by atoms with van der Waals surface area (Å²) in [6.07, 6.45) is 0. The standard InChI is InChI=1S/C11H10BrClN2O/c1-15-7-10(6-12)16-11(15)14-9-4-2-8(13)3-5-9/h2-6H,7H2,1H3/b10-6+,14-11?. The molecule has 0 unspecified atom stereocenters. The fourth-order valence-corrected chi connectivity index (χ4v) is 1.68. The maximum Gasteiger partial charge on any atom is 0.298 e. The number of aliphatic imine (C=N–C) groups is 1. The second kappa shape index (κ2) is 4.89. The largest absolute Gasteiger partial charge is 0.428 e. The maximum absolute atomic E-state index is 5.80. The van der Waals surface area contributed by atoms with Gasteiger partial charge in [-0.15, -0.1) is 0 Å². The fraction of sp³-hybridized carbons (Fsp3) is 0.182. The van der Waals surface area contributed by atoms with E-state index in [9.17, 15) is 0 Å². The molecule has 0 amide bonds. The lowest BCUT2D eigenvalue weighted by Gasteiger charge is -2.06. The van der Waals surface area contributed by atoms with Gasteiger partial charge in [0.15, 0.2) is 0 Å². The van der Waals surface area contributed by atoms with Gasteiger partial charge in [-0.05, 0) is 24.3 Å². The number of hydrogen-bond donors (Lipinski definition) is 0. The van der Waals surface area contributed by atoms with Crippen LogP contribution in [0.5, 0.6) is 0 Å². The van der Waals surface area contributed by atoms with Crippen LogP contribution in [0.4, 0.5) is 5.69 Å². The zero-order valence-corrected chi connectivity index (χ0v) is 11.0. The van der Waals surface area contributed by atoms with Crippen LogP contribution in [0, 0.1) is 0 Å². The van der Waals surface area contributed by atoms with Crippen molar-refractivity contribution in [2.24, 2.45) is 4.99 Å². The zero-order chi connectivity index (χ0) is 11.5. The Morgan fingerprint density at radius 2 is 2.12 bits per heavy atom. The molecule has 2 rings (SSSR count). The van der Waals surface area contributed by atoms with Crippen molar-refractivity contribution >= 4 is 39.2 Å². The Morgan fingerprint density at radius 1 is 1.44 bits per heavy atom. The number of rotatable bonds is 1. The van der Waals surface area contributed by atoms with Crippen LogP contribution in [-0.2, 0) is 4.74 Å². The number of benzene rings is 1. The van der Waals surface area contributed by atoms with Crippen molar-refractivity contribution in [1.29, 1.82) is 0 Å². The first-order chi connectivity index (χ1) is 7.69. The lowest BCUT2D eigenvalue weighted by Crippen LogP contribution is -2.19. The molecule has 1 aliphatic heterocycles. The molecular formula is C11H10BrClN2O. The number of halogens is 2. The summed E-state index contributed by atoms with van der Waals surface area (Å²) >= 11 is 9.04. The number of hydrogen-bond acceptors (Lipinski definition) is 2. The normalized spacial score (nSPS) is 20.6. The molecule has 0 aliphatic carbocycles. The molecule has 0 aromatic heterocycles. The molecule has 0 radical (unpaired) electrons. The second-order valence-corrected chi connectivity index (χ2v) is 4.30. The van der Waals surface area contributed by atoms with Crippen molar-refractivity contribution in [3.63, 3.8) is 0 Å². The molecule has 1 fully saturated rings. The Bertz CT molecular complexity index is 442. The highest BCUT2D eigenvalue weighted by molar-refractivity contribution is 9.11. The van der Waals surface area contributed by atoms with Crippen molar-refractivity contribution in [2.45, 2.75) is 0 Å². The SMILES string of the molecule is CN1C/C(=C\Br)OC1=Nc1ccc(Cl)cc1. The van der Waals surface area contributed by atoms with E-state index in [-0.39, 0.29) is 0 Å². The summed E-state index contributed by atoms with van der Waals surface area (Å²) in [4.78, 5) is 8.07. The van der Waals surface area contributed by atoms with Crippen LogP contribution in [0.1, 0.15) is 0 Å². The van der Waals surface area contributed by atoms with Gasteiger partial charge < -0.3 is 9.64 Å². The average Bonchev–Trinajstić information content (AvgIpc) is 2.63. The first-order valence-electron chi connectivity index (χ1n) is 4.71. The highest BCUT2D eigenvalue weighted by atomic mass is 79.9. The number of ether oxygens (including phenoxy) is 1. The Kier molecular flexibility index (Phi) is 3.51. The highest BCUT2D eigenvalue weighted by Crippen LogP contribution is 2.20. The fourth-order valence-electron chi connectivity index (χ4n) is 1.32. The predicted molar refractivity (Wildman–Crippen MR) is 69.3 cm³/mol. The molecule has 0 saturated carbocycles. The molecule has 84 valence electrons. The summed E-state index contributed by atoms with van der Waals surface area (Å²) in [6.45, 7) is 0.720. The summed E-state index contributed by atoms with van der Waals surface area (Å²) in [7, 11) is 1.93. The minimum absolute atomic E-state index is 0.591. The van der Waals surface area contributed by atoms with E-state index in [1.807, 2.05) is 24.1 Å². The van der Waals surface area contributed by atoms with Gasteiger partial charge in [0, 0.05) is 17.1 Å². The molecule has 3 nitrogen and oxygen atoms in total. The van der Waals surface area contributed by atoms with Crippen molar-refractivity contribution in [2.75, 3.05) is 13.6 Å². The van der Waals surface area contributed by atoms with Crippen molar-refractivity contribution in [1.82, 2.24) is 4.90 Å². The number of likely N-dealkylation sites (N-methyl/N-ethyl adjacent to an activating group) is 1. The van der Waals surface area contributed by atoms with E-state index in [1.54, 1.807) is 17.1 Å². The molecule has 0 atom stereocenters. The molecule has 5 heteroatoms. The zero-order valence-electron chi connectivity index (χ0n) is 8.65. The van der Waals surface area contributed by atoms with Crippen LogP contribution in [0.15, 0.2) is 40.0 Å². The van der Waals surface area contributed by atoms with Gasteiger partial charge >= 0.3 is 0 Å². The third kappa shape index (κ3) is 2.57. The summed E-state index contributed by atoms with van der Waals surface area (Å²) in [6, 6.07) is 7.90. The average molecular weight is 302 g/mol. The van der Waals surface area contributed by atoms with Gasteiger partial charge in [-0.2, -0.15) is 4.99 Å². The van der Waals surface area contributed by atoms with Gasteiger partial charge in [0.05, 0.1) is 12.2 Å². The van der Waals surface area contributed by atoms with Crippen molar-refractivity contribution < 1.29 is 4.74 Å². The van der Waals surface area contributed by atoms with E-state index < -0.39 is 0 Å².